The third kappa shape index (κ3) is 3.30. The molecular formula is C11H8F3N3O2. The van der Waals surface area contributed by atoms with Gasteiger partial charge in [0.1, 0.15) is 17.2 Å². The summed E-state index contributed by atoms with van der Waals surface area (Å²) >= 11 is 0. The van der Waals surface area contributed by atoms with Gasteiger partial charge in [-0.25, -0.2) is 0 Å². The van der Waals surface area contributed by atoms with E-state index in [1.54, 1.807) is 0 Å². The quantitative estimate of drug-likeness (QED) is 0.859. The van der Waals surface area contributed by atoms with Crippen LogP contribution in [0, 0.1) is 0 Å². The van der Waals surface area contributed by atoms with E-state index in [0.717, 1.165) is 12.3 Å². The zero-order chi connectivity index (χ0) is 13.9. The van der Waals surface area contributed by atoms with Crippen LogP contribution in [0.2, 0.25) is 0 Å². The molecular weight excluding hydrogens is 263 g/mol. The minimum atomic E-state index is -4.53. The predicted molar refractivity (Wildman–Crippen MR) is 57.9 cm³/mol. The van der Waals surface area contributed by atoms with Crippen LogP contribution >= 0.6 is 0 Å². The molecule has 0 saturated carbocycles. The Balaban J connectivity index is 2.23. The van der Waals surface area contributed by atoms with Crippen molar-refractivity contribution < 1.29 is 22.6 Å². The Morgan fingerprint density at radius 2 is 1.95 bits per heavy atom. The van der Waals surface area contributed by atoms with Gasteiger partial charge in [-0.3, -0.25) is 4.98 Å². The molecule has 0 aliphatic heterocycles. The smallest absolute Gasteiger partial charge is 0.433 e. The highest BCUT2D eigenvalue weighted by molar-refractivity contribution is 5.30. The standard InChI is InChI=1S/C11H8F3N3O2/c1-18-8-5-10(17-16-6-8)19-7-2-3-15-9(4-7)11(12,13)14/h2-6H,1H3. The van der Waals surface area contributed by atoms with E-state index in [1.807, 2.05) is 0 Å². The Kier molecular flexibility index (Phi) is 3.50. The Bertz CT molecular complexity index is 575. The molecule has 5 nitrogen and oxygen atoms in total. The Hall–Kier alpha value is -2.38. The molecule has 0 radical (unpaired) electrons. The number of alkyl halides is 3. The van der Waals surface area contributed by atoms with Crippen LogP contribution in [-0.2, 0) is 6.18 Å². The number of nitrogens with zero attached hydrogens (tertiary/aromatic N) is 3. The first-order chi connectivity index (χ1) is 8.99. The molecule has 0 aliphatic rings. The minimum absolute atomic E-state index is 0.0266. The number of ether oxygens (including phenoxy) is 2. The van der Waals surface area contributed by atoms with Gasteiger partial charge >= 0.3 is 6.18 Å². The van der Waals surface area contributed by atoms with Gasteiger partial charge in [0.15, 0.2) is 0 Å². The lowest BCUT2D eigenvalue weighted by atomic mass is 10.3. The van der Waals surface area contributed by atoms with Gasteiger partial charge < -0.3 is 9.47 Å². The number of aromatic nitrogens is 3. The average molecular weight is 271 g/mol. The average Bonchev–Trinajstić information content (AvgIpc) is 2.38. The topological polar surface area (TPSA) is 57.1 Å². The van der Waals surface area contributed by atoms with E-state index < -0.39 is 11.9 Å². The molecule has 0 aromatic carbocycles. The van der Waals surface area contributed by atoms with Crippen LogP contribution in [0.15, 0.2) is 30.6 Å². The molecule has 2 rings (SSSR count). The Labute approximate surface area is 106 Å². The molecule has 8 heteroatoms. The molecule has 0 atom stereocenters. The van der Waals surface area contributed by atoms with Crippen molar-refractivity contribution in [1.29, 1.82) is 0 Å². The van der Waals surface area contributed by atoms with Gasteiger partial charge in [-0.1, -0.05) is 0 Å². The first-order valence-electron chi connectivity index (χ1n) is 5.07. The fourth-order valence-corrected chi connectivity index (χ4v) is 1.24. The molecule has 2 aromatic rings. The molecule has 100 valence electrons. The van der Waals surface area contributed by atoms with Gasteiger partial charge in [0.25, 0.3) is 0 Å². The van der Waals surface area contributed by atoms with E-state index in [1.165, 1.54) is 25.4 Å². The SMILES string of the molecule is COc1cnnc(Oc2ccnc(C(F)(F)F)c2)c1. The monoisotopic (exact) mass is 271 g/mol. The highest BCUT2D eigenvalue weighted by Crippen LogP contribution is 2.30. The van der Waals surface area contributed by atoms with Crippen molar-refractivity contribution in [1.82, 2.24) is 15.2 Å². The third-order valence-corrected chi connectivity index (χ3v) is 2.09. The minimum Gasteiger partial charge on any atom is -0.495 e. The van der Waals surface area contributed by atoms with Crippen molar-refractivity contribution in [2.75, 3.05) is 7.11 Å². The second kappa shape index (κ2) is 5.09. The molecule has 0 spiro atoms. The van der Waals surface area contributed by atoms with Gasteiger partial charge in [-0.05, 0) is 6.07 Å². The predicted octanol–water partition coefficient (Wildman–Crippen LogP) is 2.69. The van der Waals surface area contributed by atoms with Crippen molar-refractivity contribution in [3.63, 3.8) is 0 Å². The normalized spacial score (nSPS) is 11.2. The molecule has 2 aromatic heterocycles. The van der Waals surface area contributed by atoms with Crippen LogP contribution < -0.4 is 9.47 Å². The lowest BCUT2D eigenvalue weighted by Crippen LogP contribution is -2.07. The fraction of sp³-hybridized carbons (Fsp3) is 0.182. The van der Waals surface area contributed by atoms with Crippen LogP contribution in [0.25, 0.3) is 0 Å². The van der Waals surface area contributed by atoms with Gasteiger partial charge in [-0.15, -0.1) is 5.10 Å². The van der Waals surface area contributed by atoms with E-state index in [2.05, 4.69) is 15.2 Å². The maximum atomic E-state index is 12.5. The summed E-state index contributed by atoms with van der Waals surface area (Å²) in [7, 11) is 1.43. The van der Waals surface area contributed by atoms with Crippen molar-refractivity contribution >= 4 is 0 Å². The molecule has 0 amide bonds. The summed E-state index contributed by atoms with van der Waals surface area (Å²) in [5.74, 6) is 0.374. The first kappa shape index (κ1) is 13.1. The maximum Gasteiger partial charge on any atom is 0.433 e. The maximum absolute atomic E-state index is 12.5. The van der Waals surface area contributed by atoms with Crippen molar-refractivity contribution in [2.45, 2.75) is 6.18 Å². The van der Waals surface area contributed by atoms with E-state index in [0.29, 0.717) is 5.75 Å². The van der Waals surface area contributed by atoms with E-state index in [-0.39, 0.29) is 11.6 Å². The summed E-state index contributed by atoms with van der Waals surface area (Å²) in [6.45, 7) is 0. The summed E-state index contributed by atoms with van der Waals surface area (Å²) < 4.78 is 47.4. The molecule has 0 saturated heterocycles. The number of hydrogen-bond donors (Lipinski definition) is 0. The molecule has 19 heavy (non-hydrogen) atoms. The summed E-state index contributed by atoms with van der Waals surface area (Å²) in [6, 6.07) is 3.47. The van der Waals surface area contributed by atoms with Crippen LogP contribution in [0.1, 0.15) is 5.69 Å². The third-order valence-electron chi connectivity index (χ3n) is 2.09. The first-order valence-corrected chi connectivity index (χ1v) is 5.07. The number of methoxy groups -OCH3 is 1. The van der Waals surface area contributed by atoms with E-state index in [9.17, 15) is 13.2 Å². The van der Waals surface area contributed by atoms with Crippen LogP contribution in [-0.4, -0.2) is 22.3 Å². The lowest BCUT2D eigenvalue weighted by molar-refractivity contribution is -0.141. The Morgan fingerprint density at radius 3 is 2.63 bits per heavy atom. The molecule has 0 aliphatic carbocycles. The molecule has 0 fully saturated rings. The highest BCUT2D eigenvalue weighted by Gasteiger charge is 2.32. The lowest BCUT2D eigenvalue weighted by Gasteiger charge is -2.08. The summed E-state index contributed by atoms with van der Waals surface area (Å²) in [4.78, 5) is 3.22. The number of hydrogen-bond acceptors (Lipinski definition) is 5. The largest absolute Gasteiger partial charge is 0.495 e. The van der Waals surface area contributed by atoms with Crippen molar-refractivity contribution in [3.8, 4) is 17.4 Å². The zero-order valence-corrected chi connectivity index (χ0v) is 9.68. The molecule has 0 N–H and O–H groups in total. The van der Waals surface area contributed by atoms with Gasteiger partial charge in [0.2, 0.25) is 5.88 Å². The highest BCUT2D eigenvalue weighted by atomic mass is 19.4. The molecule has 0 bridgehead atoms. The van der Waals surface area contributed by atoms with E-state index in [4.69, 9.17) is 9.47 Å². The zero-order valence-electron chi connectivity index (χ0n) is 9.68. The number of rotatable bonds is 3. The van der Waals surface area contributed by atoms with Gasteiger partial charge in [-0.2, -0.15) is 18.3 Å². The second-order valence-electron chi connectivity index (χ2n) is 3.41. The van der Waals surface area contributed by atoms with Crippen LogP contribution in [0.5, 0.6) is 17.4 Å². The van der Waals surface area contributed by atoms with Gasteiger partial charge in [0, 0.05) is 18.3 Å². The number of halogens is 3. The Morgan fingerprint density at radius 1 is 1.16 bits per heavy atom. The molecule has 2 heterocycles. The van der Waals surface area contributed by atoms with E-state index >= 15 is 0 Å². The number of pyridine rings is 1. The van der Waals surface area contributed by atoms with Crippen LogP contribution in [0.3, 0.4) is 0 Å². The summed E-state index contributed by atoms with van der Waals surface area (Å²) in [5.41, 5.74) is -1.04. The second-order valence-corrected chi connectivity index (χ2v) is 3.41. The fourth-order valence-electron chi connectivity index (χ4n) is 1.24. The molecule has 0 unspecified atom stereocenters. The summed E-state index contributed by atoms with van der Waals surface area (Å²) in [6.07, 6.45) is -2.17. The van der Waals surface area contributed by atoms with Crippen molar-refractivity contribution in [2.24, 2.45) is 0 Å². The van der Waals surface area contributed by atoms with Crippen LogP contribution in [0.4, 0.5) is 13.2 Å². The van der Waals surface area contributed by atoms with Gasteiger partial charge in [0.05, 0.1) is 13.3 Å². The summed E-state index contributed by atoms with van der Waals surface area (Å²) in [5, 5.41) is 7.21. The van der Waals surface area contributed by atoms with Crippen molar-refractivity contribution in [3.05, 3.63) is 36.3 Å².